The number of halogens is 3. The van der Waals surface area contributed by atoms with E-state index >= 15 is 0 Å². The van der Waals surface area contributed by atoms with Crippen molar-refractivity contribution in [2.24, 2.45) is 0 Å². The number of hydrogen-bond donors (Lipinski definition) is 2. The average molecular weight is 304 g/mol. The molecule has 1 rings (SSSR count). The minimum absolute atomic E-state index is 0.116. The molecular formula is C14H23F3N4. The fraction of sp³-hybridized carbons (Fsp3) is 0.714. The number of hydrogen-bond acceptors (Lipinski definition) is 4. The van der Waals surface area contributed by atoms with Crippen LogP contribution >= 0.6 is 0 Å². The highest BCUT2D eigenvalue weighted by Gasteiger charge is 2.35. The third-order valence-electron chi connectivity index (χ3n) is 3.02. The van der Waals surface area contributed by atoms with Gasteiger partial charge in [0.25, 0.3) is 0 Å². The van der Waals surface area contributed by atoms with E-state index in [4.69, 9.17) is 0 Å². The van der Waals surface area contributed by atoms with Gasteiger partial charge in [-0.05, 0) is 19.3 Å². The first-order valence-electron chi connectivity index (χ1n) is 7.37. The largest absolute Gasteiger partial charge is 0.451 e. The predicted octanol–water partition coefficient (Wildman–Crippen LogP) is 4.31. The van der Waals surface area contributed by atoms with Crippen molar-refractivity contribution in [1.29, 1.82) is 0 Å². The van der Waals surface area contributed by atoms with Crippen molar-refractivity contribution < 1.29 is 13.2 Å². The van der Waals surface area contributed by atoms with Crippen LogP contribution in [-0.4, -0.2) is 22.6 Å². The topological polar surface area (TPSA) is 49.8 Å². The van der Waals surface area contributed by atoms with Gasteiger partial charge in [0.15, 0.2) is 0 Å². The smallest absolute Gasteiger partial charge is 0.370 e. The van der Waals surface area contributed by atoms with E-state index < -0.39 is 12.0 Å². The van der Waals surface area contributed by atoms with Crippen molar-refractivity contribution >= 4 is 11.6 Å². The Bertz CT molecular complexity index is 435. The second kappa shape index (κ2) is 8.05. The summed E-state index contributed by atoms with van der Waals surface area (Å²) in [6.07, 6.45) is -1.06. The van der Waals surface area contributed by atoms with E-state index in [1.807, 2.05) is 20.8 Å². The molecule has 21 heavy (non-hydrogen) atoms. The van der Waals surface area contributed by atoms with Crippen LogP contribution in [0.25, 0.3) is 0 Å². The van der Waals surface area contributed by atoms with Crippen LogP contribution in [0.4, 0.5) is 24.8 Å². The molecule has 0 aliphatic carbocycles. The van der Waals surface area contributed by atoms with Crippen molar-refractivity contribution in [3.8, 4) is 0 Å². The van der Waals surface area contributed by atoms with Crippen molar-refractivity contribution in [3.05, 3.63) is 11.9 Å². The normalized spacial score (nSPS) is 13.0. The van der Waals surface area contributed by atoms with Gasteiger partial charge in [-0.2, -0.15) is 13.2 Å². The molecule has 120 valence electrons. The lowest BCUT2D eigenvalue weighted by Crippen LogP contribution is -2.21. The summed E-state index contributed by atoms with van der Waals surface area (Å²) < 4.78 is 38.6. The predicted molar refractivity (Wildman–Crippen MR) is 78.4 cm³/mol. The SMILES string of the molecule is CCCNc1cc(NC(CC)CCC)nc(C(F)(F)F)n1. The average Bonchev–Trinajstić information content (AvgIpc) is 2.43. The molecule has 1 aromatic rings. The van der Waals surface area contributed by atoms with Crippen LogP contribution in [0.2, 0.25) is 0 Å². The first-order chi connectivity index (χ1) is 9.90. The van der Waals surface area contributed by atoms with Gasteiger partial charge in [0.2, 0.25) is 5.82 Å². The van der Waals surface area contributed by atoms with Gasteiger partial charge in [0.1, 0.15) is 11.6 Å². The van der Waals surface area contributed by atoms with Gasteiger partial charge in [0.05, 0.1) is 0 Å². The van der Waals surface area contributed by atoms with E-state index in [0.717, 1.165) is 25.7 Å². The van der Waals surface area contributed by atoms with Gasteiger partial charge >= 0.3 is 6.18 Å². The number of nitrogens with one attached hydrogen (secondary N) is 2. The Morgan fingerprint density at radius 1 is 1.10 bits per heavy atom. The molecule has 0 aromatic carbocycles. The molecule has 0 bridgehead atoms. The molecule has 2 N–H and O–H groups in total. The minimum Gasteiger partial charge on any atom is -0.370 e. The van der Waals surface area contributed by atoms with Crippen LogP contribution in [0.15, 0.2) is 6.07 Å². The molecule has 1 unspecified atom stereocenters. The zero-order valence-electron chi connectivity index (χ0n) is 12.7. The maximum Gasteiger partial charge on any atom is 0.451 e. The summed E-state index contributed by atoms with van der Waals surface area (Å²) in [7, 11) is 0. The molecule has 1 aromatic heterocycles. The Kier molecular flexibility index (Phi) is 6.71. The van der Waals surface area contributed by atoms with Gasteiger partial charge in [0, 0.05) is 18.7 Å². The summed E-state index contributed by atoms with van der Waals surface area (Å²) in [6, 6.07) is 1.65. The first kappa shape index (κ1) is 17.5. The highest BCUT2D eigenvalue weighted by atomic mass is 19.4. The van der Waals surface area contributed by atoms with Crippen molar-refractivity contribution in [3.63, 3.8) is 0 Å². The van der Waals surface area contributed by atoms with E-state index in [9.17, 15) is 13.2 Å². The van der Waals surface area contributed by atoms with Crippen LogP contribution < -0.4 is 10.6 Å². The monoisotopic (exact) mass is 304 g/mol. The molecule has 1 atom stereocenters. The fourth-order valence-electron chi connectivity index (χ4n) is 1.93. The zero-order chi connectivity index (χ0) is 15.9. The van der Waals surface area contributed by atoms with Crippen LogP contribution in [0.3, 0.4) is 0 Å². The maximum absolute atomic E-state index is 12.9. The number of aromatic nitrogens is 2. The highest BCUT2D eigenvalue weighted by molar-refractivity contribution is 5.48. The van der Waals surface area contributed by atoms with Crippen molar-refractivity contribution in [2.75, 3.05) is 17.2 Å². The minimum atomic E-state index is -4.55. The number of alkyl halides is 3. The number of rotatable bonds is 8. The summed E-state index contributed by atoms with van der Waals surface area (Å²) in [5, 5.41) is 5.95. The van der Waals surface area contributed by atoms with Gasteiger partial charge < -0.3 is 10.6 Å². The lowest BCUT2D eigenvalue weighted by atomic mass is 10.1. The fourth-order valence-corrected chi connectivity index (χ4v) is 1.93. The quantitative estimate of drug-likeness (QED) is 0.751. The molecule has 0 spiro atoms. The molecule has 0 aliphatic rings. The number of anilines is 2. The van der Waals surface area contributed by atoms with E-state index in [1.165, 1.54) is 6.07 Å². The van der Waals surface area contributed by atoms with E-state index in [0.29, 0.717) is 6.54 Å². The molecule has 0 saturated carbocycles. The van der Waals surface area contributed by atoms with Gasteiger partial charge in [-0.3, -0.25) is 0 Å². The van der Waals surface area contributed by atoms with Gasteiger partial charge in [-0.25, -0.2) is 9.97 Å². The standard InChI is InChI=1S/C14H23F3N4/c1-4-7-10(6-3)19-12-9-11(18-8-5-2)20-13(21-12)14(15,16)17/h9-10H,4-8H2,1-3H3,(H2,18,19,20,21). The van der Waals surface area contributed by atoms with Crippen LogP contribution in [0.1, 0.15) is 52.3 Å². The van der Waals surface area contributed by atoms with E-state index in [-0.39, 0.29) is 17.7 Å². The molecule has 4 nitrogen and oxygen atoms in total. The third kappa shape index (κ3) is 5.77. The van der Waals surface area contributed by atoms with Crippen molar-refractivity contribution in [2.45, 2.75) is 58.7 Å². The molecule has 0 saturated heterocycles. The zero-order valence-corrected chi connectivity index (χ0v) is 12.7. The lowest BCUT2D eigenvalue weighted by Gasteiger charge is -2.18. The Labute approximate surface area is 123 Å². The van der Waals surface area contributed by atoms with Gasteiger partial charge in [-0.15, -0.1) is 0 Å². The third-order valence-corrected chi connectivity index (χ3v) is 3.02. The second-order valence-corrected chi connectivity index (χ2v) is 4.92. The molecule has 0 radical (unpaired) electrons. The summed E-state index contributed by atoms with van der Waals surface area (Å²) in [4.78, 5) is 7.13. The van der Waals surface area contributed by atoms with Crippen LogP contribution in [-0.2, 0) is 6.18 Å². The van der Waals surface area contributed by atoms with Crippen LogP contribution in [0, 0.1) is 0 Å². The molecule has 0 amide bonds. The summed E-state index contributed by atoms with van der Waals surface area (Å²) >= 11 is 0. The maximum atomic E-state index is 12.9. The highest BCUT2D eigenvalue weighted by Crippen LogP contribution is 2.28. The van der Waals surface area contributed by atoms with E-state index in [2.05, 4.69) is 20.6 Å². The first-order valence-corrected chi connectivity index (χ1v) is 7.37. The molecular weight excluding hydrogens is 281 g/mol. The Morgan fingerprint density at radius 3 is 2.29 bits per heavy atom. The number of nitrogens with zero attached hydrogens (tertiary/aromatic N) is 2. The van der Waals surface area contributed by atoms with Crippen LogP contribution in [0.5, 0.6) is 0 Å². The Morgan fingerprint density at radius 2 is 1.76 bits per heavy atom. The molecule has 1 heterocycles. The lowest BCUT2D eigenvalue weighted by molar-refractivity contribution is -0.144. The molecule has 0 aliphatic heterocycles. The van der Waals surface area contributed by atoms with Crippen molar-refractivity contribution in [1.82, 2.24) is 9.97 Å². The Balaban J connectivity index is 3.00. The summed E-state index contributed by atoms with van der Waals surface area (Å²) in [5.74, 6) is -0.693. The molecule has 7 heteroatoms. The summed E-state index contributed by atoms with van der Waals surface area (Å²) in [5.41, 5.74) is 0. The Hall–Kier alpha value is -1.53. The second-order valence-electron chi connectivity index (χ2n) is 4.92. The molecule has 0 fully saturated rings. The van der Waals surface area contributed by atoms with Gasteiger partial charge in [-0.1, -0.05) is 27.2 Å². The summed E-state index contributed by atoms with van der Waals surface area (Å²) in [6.45, 7) is 6.54. The van der Waals surface area contributed by atoms with E-state index in [1.54, 1.807) is 0 Å².